The zero-order valence-electron chi connectivity index (χ0n) is 7.52. The number of hydrogen-bond donors (Lipinski definition) is 0. The summed E-state index contributed by atoms with van der Waals surface area (Å²) in [5.41, 5.74) is 1.48. The lowest BCUT2D eigenvalue weighted by atomic mass is 10.0. The van der Waals surface area contributed by atoms with Gasteiger partial charge >= 0.3 is 0 Å². The van der Waals surface area contributed by atoms with Crippen molar-refractivity contribution in [1.29, 1.82) is 0 Å². The fourth-order valence-corrected chi connectivity index (χ4v) is 1.02. The van der Waals surface area contributed by atoms with Crippen LogP contribution in [-0.2, 0) is 0 Å². The van der Waals surface area contributed by atoms with E-state index in [1.165, 1.54) is 12.0 Å². The average Bonchev–Trinajstić information content (AvgIpc) is 1.88. The van der Waals surface area contributed by atoms with Crippen molar-refractivity contribution in [3.8, 4) is 0 Å². The van der Waals surface area contributed by atoms with Crippen molar-refractivity contribution in [2.45, 2.75) is 34.1 Å². The Labute approximate surface area is 64.6 Å². The van der Waals surface area contributed by atoms with Crippen LogP contribution < -0.4 is 0 Å². The summed E-state index contributed by atoms with van der Waals surface area (Å²) >= 11 is 0. The molecule has 0 saturated heterocycles. The minimum atomic E-state index is 0.696. The van der Waals surface area contributed by atoms with Gasteiger partial charge in [-0.1, -0.05) is 30.7 Å². The molecule has 0 heteroatoms. The molecule has 0 heterocycles. The van der Waals surface area contributed by atoms with E-state index < -0.39 is 0 Å². The lowest BCUT2D eigenvalue weighted by molar-refractivity contribution is 0.714. The monoisotopic (exact) mass is 138 g/mol. The highest BCUT2D eigenvalue weighted by Gasteiger charge is 1.95. The molecule has 0 spiro atoms. The summed E-state index contributed by atoms with van der Waals surface area (Å²) in [7, 11) is 0. The molecule has 0 aromatic rings. The molecule has 0 aliphatic carbocycles. The number of hydrogen-bond acceptors (Lipinski definition) is 0. The largest absolute Gasteiger partial charge is 0.0914 e. The Balaban J connectivity index is 3.68. The molecule has 0 nitrogen and oxygen atoms in total. The van der Waals surface area contributed by atoms with E-state index in [0.29, 0.717) is 5.92 Å². The van der Waals surface area contributed by atoms with Crippen LogP contribution in [0.3, 0.4) is 0 Å². The summed E-state index contributed by atoms with van der Waals surface area (Å²) < 4.78 is 0. The van der Waals surface area contributed by atoms with Crippen LogP contribution in [0.4, 0.5) is 0 Å². The highest BCUT2D eigenvalue weighted by molar-refractivity contribution is 5.00. The third-order valence-corrected chi connectivity index (χ3v) is 1.66. The molecule has 1 atom stereocenters. The molecule has 0 aliphatic rings. The first-order valence-electron chi connectivity index (χ1n) is 3.95. The lowest BCUT2D eigenvalue weighted by Crippen LogP contribution is -1.89. The van der Waals surface area contributed by atoms with E-state index in [1.807, 2.05) is 0 Å². The van der Waals surface area contributed by atoms with Gasteiger partial charge in [-0.3, -0.25) is 0 Å². The first-order chi connectivity index (χ1) is 4.70. The van der Waals surface area contributed by atoms with Crippen LogP contribution >= 0.6 is 0 Å². The molecular weight excluding hydrogens is 120 g/mol. The van der Waals surface area contributed by atoms with Crippen molar-refractivity contribution in [3.63, 3.8) is 0 Å². The Morgan fingerprint density at radius 1 is 1.40 bits per heavy atom. The van der Waals surface area contributed by atoms with Gasteiger partial charge < -0.3 is 0 Å². The van der Waals surface area contributed by atoms with Crippen LogP contribution in [0.5, 0.6) is 0 Å². The smallest absolute Gasteiger partial charge is 0.0225 e. The van der Waals surface area contributed by atoms with Gasteiger partial charge in [0.15, 0.2) is 0 Å². The summed E-state index contributed by atoms with van der Waals surface area (Å²) in [6.45, 7) is 8.59. The Morgan fingerprint density at radius 2 is 2.00 bits per heavy atom. The van der Waals surface area contributed by atoms with Gasteiger partial charge in [0.2, 0.25) is 0 Å². The fourth-order valence-electron chi connectivity index (χ4n) is 1.02. The maximum Gasteiger partial charge on any atom is -0.0225 e. The Bertz CT molecular complexity index is 129. The molecule has 1 unspecified atom stereocenters. The van der Waals surface area contributed by atoms with E-state index in [4.69, 9.17) is 0 Å². The van der Waals surface area contributed by atoms with Crippen LogP contribution in [0.2, 0.25) is 0 Å². The molecule has 58 valence electrons. The second-order valence-electron chi connectivity index (χ2n) is 2.84. The summed E-state index contributed by atoms with van der Waals surface area (Å²) in [5, 5.41) is 0. The van der Waals surface area contributed by atoms with Crippen LogP contribution in [-0.4, -0.2) is 0 Å². The van der Waals surface area contributed by atoms with Crippen molar-refractivity contribution in [3.05, 3.63) is 23.8 Å². The average molecular weight is 138 g/mol. The molecule has 0 N–H and O–H groups in total. The van der Waals surface area contributed by atoms with Crippen molar-refractivity contribution >= 4 is 0 Å². The van der Waals surface area contributed by atoms with Crippen LogP contribution in [0, 0.1) is 5.92 Å². The van der Waals surface area contributed by atoms with Gasteiger partial charge in [-0.25, -0.2) is 0 Å². The standard InChI is InChI=1S/C10H18/c1-5-7-10(4)8-9(3)6-2/h5-7,10H,8H2,1-4H3. The van der Waals surface area contributed by atoms with E-state index in [2.05, 4.69) is 45.9 Å². The fraction of sp³-hybridized carbons (Fsp3) is 0.600. The molecule has 0 aromatic carbocycles. The van der Waals surface area contributed by atoms with Gasteiger partial charge in [0.1, 0.15) is 0 Å². The predicted molar refractivity (Wildman–Crippen MR) is 48.0 cm³/mol. The summed E-state index contributed by atoms with van der Waals surface area (Å²) in [5.74, 6) is 0.696. The molecule has 0 aliphatic heterocycles. The molecule has 0 fully saturated rings. The zero-order valence-corrected chi connectivity index (χ0v) is 7.52. The Kier molecular flexibility index (Phi) is 5.00. The van der Waals surface area contributed by atoms with E-state index in [-0.39, 0.29) is 0 Å². The summed E-state index contributed by atoms with van der Waals surface area (Å²) in [6, 6.07) is 0. The van der Waals surface area contributed by atoms with Crippen LogP contribution in [0.25, 0.3) is 0 Å². The maximum absolute atomic E-state index is 2.24. The third kappa shape index (κ3) is 4.37. The molecule has 0 radical (unpaired) electrons. The van der Waals surface area contributed by atoms with Crippen LogP contribution in [0.1, 0.15) is 34.1 Å². The third-order valence-electron chi connectivity index (χ3n) is 1.66. The topological polar surface area (TPSA) is 0 Å². The second-order valence-corrected chi connectivity index (χ2v) is 2.84. The molecular formula is C10H18. The maximum atomic E-state index is 2.24. The van der Waals surface area contributed by atoms with E-state index >= 15 is 0 Å². The summed E-state index contributed by atoms with van der Waals surface area (Å²) in [4.78, 5) is 0. The van der Waals surface area contributed by atoms with Gasteiger partial charge in [0, 0.05) is 0 Å². The molecule has 0 amide bonds. The lowest BCUT2D eigenvalue weighted by Gasteiger charge is -2.04. The van der Waals surface area contributed by atoms with Gasteiger partial charge in [-0.05, 0) is 33.1 Å². The number of allylic oxidation sites excluding steroid dienone is 4. The highest BCUT2D eigenvalue weighted by atomic mass is 14.0. The molecule has 0 aromatic heterocycles. The van der Waals surface area contributed by atoms with Crippen molar-refractivity contribution in [2.24, 2.45) is 5.92 Å². The molecule has 0 bridgehead atoms. The zero-order chi connectivity index (χ0) is 7.98. The second kappa shape index (κ2) is 5.28. The van der Waals surface area contributed by atoms with Crippen molar-refractivity contribution < 1.29 is 0 Å². The Hall–Kier alpha value is -0.520. The van der Waals surface area contributed by atoms with E-state index in [9.17, 15) is 0 Å². The molecule has 10 heavy (non-hydrogen) atoms. The van der Waals surface area contributed by atoms with Crippen molar-refractivity contribution in [1.82, 2.24) is 0 Å². The molecule has 0 rings (SSSR count). The van der Waals surface area contributed by atoms with Crippen molar-refractivity contribution in [2.75, 3.05) is 0 Å². The Morgan fingerprint density at radius 3 is 2.40 bits per heavy atom. The number of rotatable bonds is 3. The minimum absolute atomic E-state index is 0.696. The first kappa shape index (κ1) is 9.48. The van der Waals surface area contributed by atoms with Gasteiger partial charge in [0.05, 0.1) is 0 Å². The van der Waals surface area contributed by atoms with Crippen LogP contribution in [0.15, 0.2) is 23.8 Å². The van der Waals surface area contributed by atoms with E-state index in [0.717, 1.165) is 0 Å². The normalized spacial score (nSPS) is 16.2. The highest BCUT2D eigenvalue weighted by Crippen LogP contribution is 2.11. The van der Waals surface area contributed by atoms with Gasteiger partial charge in [-0.15, -0.1) is 0 Å². The quantitative estimate of drug-likeness (QED) is 0.523. The summed E-state index contributed by atoms with van der Waals surface area (Å²) in [6.07, 6.45) is 7.74. The minimum Gasteiger partial charge on any atom is -0.0914 e. The predicted octanol–water partition coefficient (Wildman–Crippen LogP) is 3.55. The van der Waals surface area contributed by atoms with E-state index in [1.54, 1.807) is 0 Å². The van der Waals surface area contributed by atoms with Gasteiger partial charge in [-0.2, -0.15) is 0 Å². The first-order valence-corrected chi connectivity index (χ1v) is 3.95. The molecule has 0 saturated carbocycles. The SMILES string of the molecule is CC=CC(C)CC(C)=CC. The van der Waals surface area contributed by atoms with Gasteiger partial charge in [0.25, 0.3) is 0 Å².